The standard InChI is InChI=1S/2C24H44N.C6H10O4/c2*1-6-7-8-9-10-11-12-13-14-18-21-24(2,3)25(4,5)22-23-19-16-15-17-20-23;7-5(8)3-1-2-4-6(9)10/h2*15-17,19-20H,6-14,18,21-22H2,1-5H3;1-4H2,(H,7,8)(H,9,10)/q2*+1;/p-2. The number of quaternary nitrogens is 2. The second-order valence-corrected chi connectivity index (χ2v) is 20.1. The lowest BCUT2D eigenvalue weighted by atomic mass is 9.91. The van der Waals surface area contributed by atoms with Crippen LogP contribution in [0, 0.1) is 0 Å². The third-order valence-electron chi connectivity index (χ3n) is 13.4. The van der Waals surface area contributed by atoms with Crippen molar-refractivity contribution in [3.63, 3.8) is 0 Å². The Balaban J connectivity index is 0.000000949. The van der Waals surface area contributed by atoms with Gasteiger partial charge in [0, 0.05) is 35.9 Å². The number of carboxylic acid groups (broad SMARTS) is 2. The van der Waals surface area contributed by atoms with Crippen molar-refractivity contribution in [1.82, 2.24) is 0 Å². The van der Waals surface area contributed by atoms with Crippen molar-refractivity contribution in [1.29, 1.82) is 0 Å². The fourth-order valence-electron chi connectivity index (χ4n) is 7.74. The average molecular weight is 837 g/mol. The Bertz CT molecular complexity index is 1200. The minimum Gasteiger partial charge on any atom is -0.550 e. The van der Waals surface area contributed by atoms with E-state index in [1.807, 2.05) is 0 Å². The Morgan fingerprint density at radius 1 is 0.417 bits per heavy atom. The first-order valence-corrected chi connectivity index (χ1v) is 24.5. The fourth-order valence-corrected chi connectivity index (χ4v) is 7.74. The molecule has 346 valence electrons. The van der Waals surface area contributed by atoms with E-state index in [1.165, 1.54) is 152 Å². The largest absolute Gasteiger partial charge is 0.550 e. The lowest BCUT2D eigenvalue weighted by Crippen LogP contribution is -2.55. The maximum atomic E-state index is 9.77. The number of rotatable bonds is 33. The van der Waals surface area contributed by atoms with E-state index in [9.17, 15) is 19.8 Å². The SMILES string of the molecule is CCCCCCCCCCCCC(C)(C)[N+](C)(C)Cc1ccccc1.CCCCCCCCCCCCC(C)(C)[N+](C)(C)Cc1ccccc1.O=C([O-])CCCCC(=O)[O-]. The highest BCUT2D eigenvalue weighted by atomic mass is 16.4. The van der Waals surface area contributed by atoms with Crippen LogP contribution in [0.3, 0.4) is 0 Å². The maximum Gasteiger partial charge on any atom is 0.104 e. The van der Waals surface area contributed by atoms with Crippen LogP contribution < -0.4 is 10.2 Å². The Hall–Kier alpha value is -2.70. The number of aliphatic carboxylic acids is 2. The van der Waals surface area contributed by atoms with E-state index < -0.39 is 11.9 Å². The molecule has 2 aromatic rings. The first kappa shape index (κ1) is 57.3. The molecular weight excluding hydrogens is 741 g/mol. The van der Waals surface area contributed by atoms with Crippen molar-refractivity contribution in [2.45, 2.75) is 233 Å². The third-order valence-corrected chi connectivity index (χ3v) is 13.4. The molecule has 0 heterocycles. The van der Waals surface area contributed by atoms with Crippen molar-refractivity contribution in [2.75, 3.05) is 28.2 Å². The van der Waals surface area contributed by atoms with Crippen LogP contribution in [-0.2, 0) is 22.7 Å². The van der Waals surface area contributed by atoms with E-state index in [1.54, 1.807) is 0 Å². The molecule has 0 unspecified atom stereocenters. The van der Waals surface area contributed by atoms with Crippen molar-refractivity contribution in [2.24, 2.45) is 0 Å². The van der Waals surface area contributed by atoms with Crippen LogP contribution >= 0.6 is 0 Å². The summed E-state index contributed by atoms with van der Waals surface area (Å²) in [5.41, 5.74) is 3.55. The summed E-state index contributed by atoms with van der Waals surface area (Å²) in [7, 11) is 9.57. The van der Waals surface area contributed by atoms with E-state index in [4.69, 9.17) is 0 Å². The molecule has 0 N–H and O–H groups in total. The summed E-state index contributed by atoms with van der Waals surface area (Å²) >= 11 is 0. The van der Waals surface area contributed by atoms with E-state index in [-0.39, 0.29) is 12.8 Å². The predicted octanol–water partition coefficient (Wildman–Crippen LogP) is 12.8. The van der Waals surface area contributed by atoms with Gasteiger partial charge in [0.05, 0.1) is 39.3 Å². The van der Waals surface area contributed by atoms with Gasteiger partial charge in [-0.1, -0.05) is 190 Å². The number of benzene rings is 2. The molecule has 0 aromatic heterocycles. The van der Waals surface area contributed by atoms with Crippen molar-refractivity contribution in [3.8, 4) is 0 Å². The van der Waals surface area contributed by atoms with Crippen LogP contribution in [0.2, 0.25) is 0 Å². The molecule has 60 heavy (non-hydrogen) atoms. The monoisotopic (exact) mass is 837 g/mol. The molecule has 0 amide bonds. The second-order valence-electron chi connectivity index (χ2n) is 20.1. The van der Waals surface area contributed by atoms with Gasteiger partial charge >= 0.3 is 0 Å². The quantitative estimate of drug-likeness (QED) is 0.0530. The molecule has 0 aliphatic carbocycles. The molecule has 0 aliphatic rings. The van der Waals surface area contributed by atoms with Crippen LogP contribution in [0.1, 0.15) is 220 Å². The summed E-state index contributed by atoms with van der Waals surface area (Å²) < 4.78 is 2.13. The molecule has 0 aliphatic heterocycles. The molecule has 2 rings (SSSR count). The van der Waals surface area contributed by atoms with Gasteiger partial charge < -0.3 is 28.8 Å². The van der Waals surface area contributed by atoms with Gasteiger partial charge in [-0.15, -0.1) is 0 Å². The van der Waals surface area contributed by atoms with Gasteiger partial charge in [0.25, 0.3) is 0 Å². The molecule has 0 saturated carbocycles. The van der Waals surface area contributed by atoms with Crippen LogP contribution in [0.25, 0.3) is 0 Å². The maximum absolute atomic E-state index is 9.77. The summed E-state index contributed by atoms with van der Waals surface area (Å²) in [5, 5.41) is 19.5. The highest BCUT2D eigenvalue weighted by Gasteiger charge is 2.36. The topological polar surface area (TPSA) is 80.3 Å². The smallest absolute Gasteiger partial charge is 0.104 e. The average Bonchev–Trinajstić information content (AvgIpc) is 3.18. The number of hydrogen-bond donors (Lipinski definition) is 0. The molecule has 0 atom stereocenters. The Kier molecular flexibility index (Phi) is 32.3. The summed E-state index contributed by atoms with van der Waals surface area (Å²) in [4.78, 5) is 19.5. The molecule has 0 spiro atoms. The second kappa shape index (κ2) is 33.9. The molecule has 0 saturated heterocycles. The number of unbranched alkanes of at least 4 members (excludes halogenated alkanes) is 19. The number of nitrogens with zero attached hydrogens (tertiary/aromatic N) is 2. The number of carbonyl (C=O) groups is 2. The van der Waals surface area contributed by atoms with Crippen molar-refractivity contribution >= 4 is 11.9 Å². The first-order chi connectivity index (χ1) is 28.4. The van der Waals surface area contributed by atoms with Gasteiger partial charge in [-0.05, 0) is 66.2 Å². The highest BCUT2D eigenvalue weighted by Crippen LogP contribution is 2.30. The van der Waals surface area contributed by atoms with Gasteiger partial charge in [-0.3, -0.25) is 0 Å². The fraction of sp³-hybridized carbons (Fsp3) is 0.741. The molecule has 0 radical (unpaired) electrons. The summed E-state index contributed by atoms with van der Waals surface area (Å²) in [6, 6.07) is 21.9. The Morgan fingerprint density at radius 2 is 0.667 bits per heavy atom. The molecular formula is C54H96N2O4. The predicted molar refractivity (Wildman–Crippen MR) is 254 cm³/mol. The molecule has 0 bridgehead atoms. The lowest BCUT2D eigenvalue weighted by Gasteiger charge is -2.45. The van der Waals surface area contributed by atoms with Crippen LogP contribution in [-0.4, -0.2) is 60.2 Å². The first-order valence-electron chi connectivity index (χ1n) is 24.5. The Labute approximate surface area is 372 Å². The van der Waals surface area contributed by atoms with Gasteiger partial charge in [0.15, 0.2) is 0 Å². The van der Waals surface area contributed by atoms with E-state index in [2.05, 4.69) is 130 Å². The highest BCUT2D eigenvalue weighted by molar-refractivity contribution is 5.65. The molecule has 2 aromatic carbocycles. The van der Waals surface area contributed by atoms with Gasteiger partial charge in [0.1, 0.15) is 13.1 Å². The zero-order valence-electron chi connectivity index (χ0n) is 41.1. The van der Waals surface area contributed by atoms with Gasteiger partial charge in [-0.25, -0.2) is 0 Å². The number of hydrogen-bond acceptors (Lipinski definition) is 4. The zero-order chi connectivity index (χ0) is 45.2. The van der Waals surface area contributed by atoms with Crippen molar-refractivity contribution < 1.29 is 28.8 Å². The number of carbonyl (C=O) groups excluding carboxylic acids is 2. The molecule has 6 nitrogen and oxygen atoms in total. The summed E-state index contributed by atoms with van der Waals surface area (Å²) in [6.07, 6.45) is 31.6. The minimum atomic E-state index is -1.14. The zero-order valence-corrected chi connectivity index (χ0v) is 41.1. The third kappa shape index (κ3) is 29.5. The van der Waals surface area contributed by atoms with Crippen LogP contribution in [0.5, 0.6) is 0 Å². The van der Waals surface area contributed by atoms with Crippen LogP contribution in [0.15, 0.2) is 60.7 Å². The number of carboxylic acids is 2. The normalized spacial score (nSPS) is 12.0. The van der Waals surface area contributed by atoms with Gasteiger partial charge in [-0.2, -0.15) is 0 Å². The molecule has 0 fully saturated rings. The lowest BCUT2D eigenvalue weighted by molar-refractivity contribution is -0.950. The van der Waals surface area contributed by atoms with Gasteiger partial charge in [0.2, 0.25) is 0 Å². The molecule has 6 heteroatoms. The van der Waals surface area contributed by atoms with Crippen molar-refractivity contribution in [3.05, 3.63) is 71.8 Å². The minimum absolute atomic E-state index is 0.0761. The summed E-state index contributed by atoms with van der Waals surface area (Å²) in [6.45, 7) is 16.6. The Morgan fingerprint density at radius 3 is 0.917 bits per heavy atom. The van der Waals surface area contributed by atoms with Crippen LogP contribution in [0.4, 0.5) is 0 Å². The van der Waals surface area contributed by atoms with E-state index >= 15 is 0 Å². The summed E-state index contributed by atoms with van der Waals surface area (Å²) in [5.74, 6) is -2.28. The van der Waals surface area contributed by atoms with E-state index in [0.29, 0.717) is 23.9 Å². The van der Waals surface area contributed by atoms with E-state index in [0.717, 1.165) is 22.1 Å².